The predicted molar refractivity (Wildman–Crippen MR) is 79.8 cm³/mol. The van der Waals surface area contributed by atoms with Crippen LogP contribution in [0.5, 0.6) is 5.75 Å². The fourth-order valence-corrected chi connectivity index (χ4v) is 2.33. The van der Waals surface area contributed by atoms with E-state index in [4.69, 9.17) is 14.4 Å². The average Bonchev–Trinajstić information content (AvgIpc) is 2.34. The molecule has 0 radical (unpaired) electrons. The molecule has 0 aliphatic rings. The van der Waals surface area contributed by atoms with Gasteiger partial charge in [-0.2, -0.15) is 5.26 Å². The Labute approximate surface area is 117 Å². The molecule has 104 valence electrons. The summed E-state index contributed by atoms with van der Waals surface area (Å²) in [6, 6.07) is 9.21. The summed E-state index contributed by atoms with van der Waals surface area (Å²) in [7, 11) is -1.68. The van der Waals surface area contributed by atoms with Crippen LogP contribution in [0.1, 0.15) is 26.3 Å². The van der Waals surface area contributed by atoms with Gasteiger partial charge in [0, 0.05) is 0 Å². The molecule has 0 fully saturated rings. The van der Waals surface area contributed by atoms with Crippen molar-refractivity contribution in [1.29, 1.82) is 5.26 Å². The van der Waals surface area contributed by atoms with Gasteiger partial charge in [-0.05, 0) is 42.4 Å². The van der Waals surface area contributed by atoms with E-state index >= 15 is 0 Å². The average molecular weight is 277 g/mol. The molecule has 0 atom stereocenters. The number of ether oxygens (including phenoxy) is 1. The molecule has 0 bridgehead atoms. The summed E-state index contributed by atoms with van der Waals surface area (Å²) in [4.78, 5) is 0. The van der Waals surface area contributed by atoms with Crippen LogP contribution >= 0.6 is 0 Å². The zero-order chi connectivity index (χ0) is 14.5. The summed E-state index contributed by atoms with van der Waals surface area (Å²) in [6.45, 7) is 12.3. The molecule has 1 aromatic rings. The highest BCUT2D eigenvalue weighted by Crippen LogP contribution is 2.36. The fraction of sp³-hybridized carbons (Fsp3) is 0.533. The Hall–Kier alpha value is -1.31. The molecule has 4 heteroatoms. The third kappa shape index (κ3) is 4.70. The van der Waals surface area contributed by atoms with E-state index in [1.54, 1.807) is 12.1 Å². The van der Waals surface area contributed by atoms with Crippen molar-refractivity contribution in [2.24, 2.45) is 0 Å². The number of nitrogens with zero attached hydrogens (tertiary/aromatic N) is 1. The molecule has 0 spiro atoms. The molecular weight excluding hydrogens is 254 g/mol. The van der Waals surface area contributed by atoms with Gasteiger partial charge in [-0.25, -0.2) is 0 Å². The predicted octanol–water partition coefficient (Wildman–Crippen LogP) is 3.96. The maximum absolute atomic E-state index is 8.70. The van der Waals surface area contributed by atoms with Crippen molar-refractivity contribution in [3.8, 4) is 11.8 Å². The Kier molecular flexibility index (Phi) is 5.16. The summed E-state index contributed by atoms with van der Waals surface area (Å²) in [5.41, 5.74) is 0.643. The second-order valence-electron chi connectivity index (χ2n) is 6.09. The summed E-state index contributed by atoms with van der Waals surface area (Å²) in [6.07, 6.45) is 0. The molecule has 0 aliphatic heterocycles. The quantitative estimate of drug-likeness (QED) is 0.604. The number of nitriles is 1. The highest BCUT2D eigenvalue weighted by molar-refractivity contribution is 6.74. The van der Waals surface area contributed by atoms with E-state index < -0.39 is 8.32 Å². The Bertz CT molecular complexity index is 441. The van der Waals surface area contributed by atoms with E-state index in [0.717, 1.165) is 5.75 Å². The number of benzene rings is 1. The van der Waals surface area contributed by atoms with Crippen molar-refractivity contribution in [3.05, 3.63) is 29.8 Å². The van der Waals surface area contributed by atoms with Gasteiger partial charge in [-0.1, -0.05) is 20.8 Å². The summed E-state index contributed by atoms with van der Waals surface area (Å²) in [5, 5.41) is 8.93. The Morgan fingerprint density at radius 2 is 1.68 bits per heavy atom. The minimum atomic E-state index is -1.68. The normalized spacial score (nSPS) is 12.0. The van der Waals surface area contributed by atoms with Gasteiger partial charge >= 0.3 is 0 Å². The number of hydrogen-bond acceptors (Lipinski definition) is 3. The summed E-state index contributed by atoms with van der Waals surface area (Å²) < 4.78 is 11.6. The Morgan fingerprint density at radius 3 is 2.16 bits per heavy atom. The lowest BCUT2D eigenvalue weighted by molar-refractivity contribution is 0.203. The largest absolute Gasteiger partial charge is 0.491 e. The third-order valence-electron chi connectivity index (χ3n) is 3.60. The number of hydrogen-bond donors (Lipinski definition) is 0. The van der Waals surface area contributed by atoms with Crippen LogP contribution in [0.3, 0.4) is 0 Å². The standard InChI is InChI=1S/C15H23NO2Si/c1-15(2,3)19(4,5)18-11-10-17-14-8-6-13(12-16)7-9-14/h6-9H,10-11H2,1-5H3. The SMILES string of the molecule is CC(C)(C)[Si](C)(C)OCCOc1ccc(C#N)cc1. The molecule has 0 heterocycles. The monoisotopic (exact) mass is 277 g/mol. The first-order chi connectivity index (χ1) is 8.76. The van der Waals surface area contributed by atoms with Crippen molar-refractivity contribution < 1.29 is 9.16 Å². The van der Waals surface area contributed by atoms with Crippen LogP contribution in [-0.4, -0.2) is 21.5 Å². The lowest BCUT2D eigenvalue weighted by atomic mass is 10.2. The van der Waals surface area contributed by atoms with Crippen molar-refractivity contribution in [1.82, 2.24) is 0 Å². The molecule has 19 heavy (non-hydrogen) atoms. The van der Waals surface area contributed by atoms with E-state index in [1.165, 1.54) is 0 Å². The molecule has 0 saturated carbocycles. The van der Waals surface area contributed by atoms with Gasteiger partial charge in [-0.15, -0.1) is 0 Å². The van der Waals surface area contributed by atoms with Crippen molar-refractivity contribution >= 4 is 8.32 Å². The zero-order valence-corrected chi connectivity index (χ0v) is 13.5. The van der Waals surface area contributed by atoms with Crippen LogP contribution < -0.4 is 4.74 Å². The summed E-state index contributed by atoms with van der Waals surface area (Å²) >= 11 is 0. The van der Waals surface area contributed by atoms with Crippen LogP contribution in [0, 0.1) is 11.3 Å². The second-order valence-corrected chi connectivity index (χ2v) is 10.9. The molecule has 0 saturated heterocycles. The maximum atomic E-state index is 8.70. The van der Waals surface area contributed by atoms with E-state index in [1.807, 2.05) is 12.1 Å². The van der Waals surface area contributed by atoms with E-state index in [0.29, 0.717) is 18.8 Å². The maximum Gasteiger partial charge on any atom is 0.192 e. The van der Waals surface area contributed by atoms with Gasteiger partial charge in [0.15, 0.2) is 8.32 Å². The van der Waals surface area contributed by atoms with Crippen molar-refractivity contribution in [3.63, 3.8) is 0 Å². The number of rotatable bonds is 5. The van der Waals surface area contributed by atoms with Gasteiger partial charge in [0.1, 0.15) is 12.4 Å². The van der Waals surface area contributed by atoms with Gasteiger partial charge in [0.25, 0.3) is 0 Å². The highest BCUT2D eigenvalue weighted by atomic mass is 28.4. The van der Waals surface area contributed by atoms with E-state index in [9.17, 15) is 0 Å². The highest BCUT2D eigenvalue weighted by Gasteiger charge is 2.36. The molecular formula is C15H23NO2Si. The molecule has 1 rings (SSSR count). The first-order valence-corrected chi connectivity index (χ1v) is 9.44. The molecule has 3 nitrogen and oxygen atoms in total. The second kappa shape index (κ2) is 6.22. The van der Waals surface area contributed by atoms with Gasteiger partial charge in [0.2, 0.25) is 0 Å². The molecule has 0 unspecified atom stereocenters. The molecule has 0 N–H and O–H groups in total. The lowest BCUT2D eigenvalue weighted by Gasteiger charge is -2.36. The van der Waals surface area contributed by atoms with Gasteiger partial charge in [0.05, 0.1) is 18.2 Å². The smallest absolute Gasteiger partial charge is 0.192 e. The Morgan fingerprint density at radius 1 is 1.11 bits per heavy atom. The van der Waals surface area contributed by atoms with Crippen LogP contribution in [-0.2, 0) is 4.43 Å². The molecule has 0 aromatic heterocycles. The fourth-order valence-electron chi connectivity index (χ4n) is 1.30. The zero-order valence-electron chi connectivity index (χ0n) is 12.5. The minimum Gasteiger partial charge on any atom is -0.491 e. The van der Waals surface area contributed by atoms with Crippen molar-refractivity contribution in [2.75, 3.05) is 13.2 Å². The van der Waals surface area contributed by atoms with E-state index in [2.05, 4.69) is 39.9 Å². The van der Waals surface area contributed by atoms with E-state index in [-0.39, 0.29) is 5.04 Å². The van der Waals surface area contributed by atoms with Gasteiger partial charge in [-0.3, -0.25) is 0 Å². The van der Waals surface area contributed by atoms with Crippen LogP contribution in [0.2, 0.25) is 18.1 Å². The van der Waals surface area contributed by atoms with Crippen LogP contribution in [0.25, 0.3) is 0 Å². The first kappa shape index (κ1) is 15.7. The molecule has 0 amide bonds. The lowest BCUT2D eigenvalue weighted by Crippen LogP contribution is -2.41. The first-order valence-electron chi connectivity index (χ1n) is 6.53. The summed E-state index contributed by atoms with van der Waals surface area (Å²) in [5.74, 6) is 0.776. The molecule has 1 aromatic carbocycles. The Balaban J connectivity index is 2.37. The van der Waals surface area contributed by atoms with Crippen LogP contribution in [0.15, 0.2) is 24.3 Å². The van der Waals surface area contributed by atoms with Crippen molar-refractivity contribution in [2.45, 2.75) is 38.9 Å². The van der Waals surface area contributed by atoms with Gasteiger partial charge < -0.3 is 9.16 Å². The topological polar surface area (TPSA) is 42.2 Å². The van der Waals surface area contributed by atoms with Crippen LogP contribution in [0.4, 0.5) is 0 Å². The third-order valence-corrected chi connectivity index (χ3v) is 8.14. The minimum absolute atomic E-state index is 0.224. The molecule has 0 aliphatic carbocycles.